The second-order valence-corrected chi connectivity index (χ2v) is 4.89. The number of nitrogens with one attached hydrogen (secondary N) is 1. The van der Waals surface area contributed by atoms with E-state index in [0.717, 1.165) is 6.20 Å². The standard InChI is InChI=1S/C12H15FN4O5/c1-6(18)8-9(20)12(14,3-2-4-13)10(22-8)17-11(21)16-7(19)5-15-17/h5-6,8-10,18,20H,4,14H2,1H3,(H,16,19,21)/t6-,8-,9?,10-,12-/m1/s1. The first-order valence-corrected chi connectivity index (χ1v) is 6.36. The van der Waals surface area contributed by atoms with Crippen LogP contribution in [0.1, 0.15) is 13.2 Å². The molecule has 1 aromatic heterocycles. The molecule has 5 atom stereocenters. The molecule has 9 nitrogen and oxygen atoms in total. The Morgan fingerprint density at radius 2 is 2.36 bits per heavy atom. The summed E-state index contributed by atoms with van der Waals surface area (Å²) in [5.74, 6) is 4.38. The molecule has 0 spiro atoms. The molecule has 120 valence electrons. The quantitative estimate of drug-likeness (QED) is 0.433. The van der Waals surface area contributed by atoms with Gasteiger partial charge < -0.3 is 20.7 Å². The topological polar surface area (TPSA) is 143 Å². The summed E-state index contributed by atoms with van der Waals surface area (Å²) in [6.07, 6.45) is -4.39. The normalized spacial score (nSPS) is 32.3. The minimum absolute atomic E-state index is 0.680. The predicted molar refractivity (Wildman–Crippen MR) is 71.4 cm³/mol. The molecular weight excluding hydrogens is 299 g/mol. The van der Waals surface area contributed by atoms with Gasteiger partial charge in [-0.05, 0) is 6.92 Å². The zero-order valence-corrected chi connectivity index (χ0v) is 11.6. The van der Waals surface area contributed by atoms with E-state index >= 15 is 0 Å². The second kappa shape index (κ2) is 5.98. The minimum Gasteiger partial charge on any atom is -0.391 e. The molecule has 0 bridgehead atoms. The first kappa shape index (κ1) is 16.3. The third-order valence-corrected chi connectivity index (χ3v) is 3.30. The van der Waals surface area contributed by atoms with E-state index in [4.69, 9.17) is 10.5 Å². The lowest BCUT2D eigenvalue weighted by Gasteiger charge is -2.27. The lowest BCUT2D eigenvalue weighted by molar-refractivity contribution is -0.0817. The molecule has 2 heterocycles. The van der Waals surface area contributed by atoms with Crippen LogP contribution < -0.4 is 17.0 Å². The maximum atomic E-state index is 12.3. The van der Waals surface area contributed by atoms with Gasteiger partial charge in [0.25, 0.3) is 5.56 Å². The van der Waals surface area contributed by atoms with Crippen molar-refractivity contribution in [3.63, 3.8) is 0 Å². The Morgan fingerprint density at radius 3 is 2.91 bits per heavy atom. The first-order chi connectivity index (χ1) is 10.3. The van der Waals surface area contributed by atoms with Crippen LogP contribution in [-0.2, 0) is 4.74 Å². The van der Waals surface area contributed by atoms with E-state index in [1.54, 1.807) is 0 Å². The fourth-order valence-electron chi connectivity index (χ4n) is 2.24. The SMILES string of the molecule is C[C@@H](O)[C@H]1O[C@@H](n2ncc(=O)[nH]c2=O)[C@@](N)(C#CCF)C1O. The summed E-state index contributed by atoms with van der Waals surface area (Å²) in [4.78, 5) is 24.8. The molecule has 1 fully saturated rings. The van der Waals surface area contributed by atoms with Gasteiger partial charge in [-0.3, -0.25) is 9.78 Å². The highest BCUT2D eigenvalue weighted by molar-refractivity contribution is 5.25. The maximum absolute atomic E-state index is 12.3. The summed E-state index contributed by atoms with van der Waals surface area (Å²) in [6.45, 7) is 0.327. The van der Waals surface area contributed by atoms with E-state index in [1.807, 2.05) is 4.98 Å². The van der Waals surface area contributed by atoms with Gasteiger partial charge >= 0.3 is 5.69 Å². The van der Waals surface area contributed by atoms with Gasteiger partial charge in [-0.25, -0.2) is 9.18 Å². The Balaban J connectivity index is 2.55. The van der Waals surface area contributed by atoms with Crippen molar-refractivity contribution in [1.82, 2.24) is 14.8 Å². The Hall–Kier alpha value is -2.06. The van der Waals surface area contributed by atoms with Crippen LogP contribution in [0, 0.1) is 11.8 Å². The molecule has 22 heavy (non-hydrogen) atoms. The number of alkyl halides is 1. The largest absolute Gasteiger partial charge is 0.391 e. The molecule has 0 aromatic carbocycles. The molecule has 0 amide bonds. The first-order valence-electron chi connectivity index (χ1n) is 6.36. The van der Waals surface area contributed by atoms with Gasteiger partial charge in [-0.1, -0.05) is 11.8 Å². The number of nitrogens with two attached hydrogens (primary N) is 1. The Kier molecular flexibility index (Phi) is 4.43. The number of halogens is 1. The molecule has 1 saturated heterocycles. The highest BCUT2D eigenvalue weighted by Gasteiger charge is 2.56. The highest BCUT2D eigenvalue weighted by Crippen LogP contribution is 2.36. The summed E-state index contributed by atoms with van der Waals surface area (Å²) >= 11 is 0. The van der Waals surface area contributed by atoms with Gasteiger partial charge in [0.2, 0.25) is 0 Å². The van der Waals surface area contributed by atoms with Crippen molar-refractivity contribution in [3.05, 3.63) is 27.0 Å². The number of hydrogen-bond donors (Lipinski definition) is 4. The zero-order valence-electron chi connectivity index (χ0n) is 11.6. The third-order valence-electron chi connectivity index (χ3n) is 3.30. The molecule has 0 aliphatic carbocycles. The van der Waals surface area contributed by atoms with Gasteiger partial charge in [0.05, 0.1) is 6.10 Å². The molecule has 1 aliphatic heterocycles. The average molecular weight is 314 g/mol. The summed E-state index contributed by atoms with van der Waals surface area (Å²) in [6, 6.07) is 0. The lowest BCUT2D eigenvalue weighted by Crippen LogP contribution is -2.56. The Morgan fingerprint density at radius 1 is 1.68 bits per heavy atom. The number of aromatic amines is 1. The van der Waals surface area contributed by atoms with Crippen molar-refractivity contribution >= 4 is 0 Å². The molecule has 1 aromatic rings. The van der Waals surface area contributed by atoms with Crippen LogP contribution in [0.2, 0.25) is 0 Å². The summed E-state index contributed by atoms with van der Waals surface area (Å²) < 4.78 is 18.4. The Labute approximate surface area is 123 Å². The van der Waals surface area contributed by atoms with Crippen LogP contribution in [0.25, 0.3) is 0 Å². The maximum Gasteiger partial charge on any atom is 0.347 e. The second-order valence-electron chi connectivity index (χ2n) is 4.89. The monoisotopic (exact) mass is 314 g/mol. The van der Waals surface area contributed by atoms with Crippen LogP contribution >= 0.6 is 0 Å². The van der Waals surface area contributed by atoms with E-state index in [2.05, 4.69) is 16.9 Å². The fraction of sp³-hybridized carbons (Fsp3) is 0.583. The van der Waals surface area contributed by atoms with E-state index < -0.39 is 48.0 Å². The highest BCUT2D eigenvalue weighted by atomic mass is 19.1. The van der Waals surface area contributed by atoms with E-state index in [-0.39, 0.29) is 0 Å². The van der Waals surface area contributed by atoms with Crippen molar-refractivity contribution < 1.29 is 19.3 Å². The minimum atomic E-state index is -1.89. The molecule has 2 rings (SSSR count). The lowest BCUT2D eigenvalue weighted by atomic mass is 9.90. The van der Waals surface area contributed by atoms with Crippen molar-refractivity contribution in [1.29, 1.82) is 0 Å². The number of rotatable bonds is 2. The average Bonchev–Trinajstić information content (AvgIpc) is 2.70. The number of nitrogens with zero attached hydrogens (tertiary/aromatic N) is 2. The number of aromatic nitrogens is 3. The number of aliphatic hydroxyl groups is 2. The Bertz CT molecular complexity index is 720. The van der Waals surface area contributed by atoms with Crippen LogP contribution in [0.5, 0.6) is 0 Å². The van der Waals surface area contributed by atoms with E-state index in [1.165, 1.54) is 6.92 Å². The van der Waals surface area contributed by atoms with E-state index in [9.17, 15) is 24.2 Å². The number of H-pyrrole nitrogens is 1. The molecular formula is C12H15FN4O5. The molecule has 1 unspecified atom stereocenters. The van der Waals surface area contributed by atoms with E-state index in [0.29, 0.717) is 4.68 Å². The fourth-order valence-corrected chi connectivity index (χ4v) is 2.24. The molecule has 5 N–H and O–H groups in total. The van der Waals surface area contributed by atoms with Crippen molar-refractivity contribution in [3.8, 4) is 11.8 Å². The third kappa shape index (κ3) is 2.67. The van der Waals surface area contributed by atoms with Crippen LogP contribution in [-0.4, -0.2) is 55.5 Å². The molecule has 0 saturated carbocycles. The van der Waals surface area contributed by atoms with Gasteiger partial charge in [0.1, 0.15) is 25.1 Å². The van der Waals surface area contributed by atoms with Crippen molar-refractivity contribution in [2.45, 2.75) is 37.0 Å². The smallest absolute Gasteiger partial charge is 0.347 e. The van der Waals surface area contributed by atoms with Crippen LogP contribution in [0.15, 0.2) is 15.8 Å². The zero-order chi connectivity index (χ0) is 16.5. The predicted octanol–water partition coefficient (Wildman–Crippen LogP) is -2.76. The number of ether oxygens (including phenoxy) is 1. The summed E-state index contributed by atoms with van der Waals surface area (Å²) in [7, 11) is 0. The van der Waals surface area contributed by atoms with Gasteiger partial charge in [0, 0.05) is 0 Å². The van der Waals surface area contributed by atoms with Gasteiger partial charge in [-0.2, -0.15) is 9.78 Å². The summed E-state index contributed by atoms with van der Waals surface area (Å²) in [5, 5.41) is 23.5. The van der Waals surface area contributed by atoms with Crippen LogP contribution in [0.3, 0.4) is 0 Å². The van der Waals surface area contributed by atoms with Crippen molar-refractivity contribution in [2.75, 3.05) is 6.67 Å². The molecule has 1 aliphatic rings. The molecule has 0 radical (unpaired) electrons. The van der Waals surface area contributed by atoms with Crippen LogP contribution in [0.4, 0.5) is 4.39 Å². The molecule has 10 heteroatoms. The number of aliphatic hydroxyl groups excluding tert-OH is 2. The van der Waals surface area contributed by atoms with Gasteiger partial charge in [0.15, 0.2) is 11.8 Å². The van der Waals surface area contributed by atoms with Crippen molar-refractivity contribution in [2.24, 2.45) is 5.73 Å². The van der Waals surface area contributed by atoms with Gasteiger partial charge in [-0.15, -0.1) is 0 Å². The number of hydrogen-bond acceptors (Lipinski definition) is 7. The summed E-state index contributed by atoms with van der Waals surface area (Å²) in [5.41, 5.74) is 2.43.